The van der Waals surface area contributed by atoms with Gasteiger partial charge in [-0.15, -0.1) is 0 Å². The summed E-state index contributed by atoms with van der Waals surface area (Å²) >= 11 is 12.3. The van der Waals surface area contributed by atoms with Gasteiger partial charge in [0, 0.05) is 26.8 Å². The van der Waals surface area contributed by atoms with Crippen LogP contribution >= 0.6 is 23.2 Å². The minimum Gasteiger partial charge on any atom is -0.289 e. The van der Waals surface area contributed by atoms with Gasteiger partial charge in [-0.25, -0.2) is 0 Å². The van der Waals surface area contributed by atoms with Gasteiger partial charge in [-0.2, -0.15) is 0 Å². The summed E-state index contributed by atoms with van der Waals surface area (Å²) in [5.74, 6) is 0.0165. The predicted octanol–water partition coefficient (Wildman–Crippen LogP) is 6.15. The molecule has 3 heteroatoms. The summed E-state index contributed by atoms with van der Waals surface area (Å²) in [6.07, 6.45) is 0. The Labute approximate surface area is 150 Å². The van der Waals surface area contributed by atoms with Gasteiger partial charge in [0.25, 0.3) is 0 Å². The number of allylic oxidation sites excluding steroid dienone is 1. The van der Waals surface area contributed by atoms with Crippen molar-refractivity contribution < 1.29 is 4.79 Å². The number of fused-ring (bicyclic) bond motifs is 1. The van der Waals surface area contributed by atoms with E-state index in [0.29, 0.717) is 21.2 Å². The zero-order chi connectivity index (χ0) is 16.7. The molecule has 1 aliphatic carbocycles. The van der Waals surface area contributed by atoms with E-state index in [4.69, 9.17) is 23.2 Å². The third-order valence-electron chi connectivity index (χ3n) is 4.14. The Hall–Kier alpha value is -2.35. The number of ketones is 1. The van der Waals surface area contributed by atoms with E-state index in [1.165, 1.54) is 0 Å². The molecule has 0 aromatic heterocycles. The SMILES string of the molecule is O=C1C(c2cccc(Cl)c2)=C(c2cccc(Cl)c2)c2ccccc21. The van der Waals surface area contributed by atoms with Gasteiger partial charge in [0.1, 0.15) is 0 Å². The molecule has 0 fully saturated rings. The second-order valence-corrected chi connectivity index (χ2v) is 6.52. The lowest BCUT2D eigenvalue weighted by Gasteiger charge is -2.09. The normalized spacial score (nSPS) is 13.3. The minimum absolute atomic E-state index is 0.0165. The number of rotatable bonds is 2. The van der Waals surface area contributed by atoms with Crippen molar-refractivity contribution >= 4 is 40.1 Å². The first-order chi connectivity index (χ1) is 11.6. The van der Waals surface area contributed by atoms with Gasteiger partial charge in [0.05, 0.1) is 0 Å². The van der Waals surface area contributed by atoms with Crippen LogP contribution in [0.15, 0.2) is 72.8 Å². The summed E-state index contributed by atoms with van der Waals surface area (Å²) in [7, 11) is 0. The molecule has 0 saturated carbocycles. The molecule has 4 rings (SSSR count). The second-order valence-electron chi connectivity index (χ2n) is 5.65. The van der Waals surface area contributed by atoms with Crippen molar-refractivity contribution in [3.8, 4) is 0 Å². The molecule has 0 spiro atoms. The Balaban J connectivity index is 2.05. The lowest BCUT2D eigenvalue weighted by atomic mass is 9.94. The Bertz CT molecular complexity index is 1000. The van der Waals surface area contributed by atoms with Crippen LogP contribution in [0.25, 0.3) is 11.1 Å². The maximum atomic E-state index is 13.0. The number of halogens is 2. The first kappa shape index (κ1) is 15.2. The quantitative estimate of drug-likeness (QED) is 0.541. The molecule has 0 saturated heterocycles. The highest BCUT2D eigenvalue weighted by molar-refractivity contribution is 6.42. The zero-order valence-corrected chi connectivity index (χ0v) is 14.1. The molecule has 0 atom stereocenters. The van der Waals surface area contributed by atoms with Gasteiger partial charge in [-0.3, -0.25) is 4.79 Å². The molecular formula is C21H12Cl2O. The van der Waals surface area contributed by atoms with E-state index in [1.807, 2.05) is 66.7 Å². The molecule has 0 aliphatic heterocycles. The molecule has 116 valence electrons. The number of carbonyl (C=O) groups excluding carboxylic acids is 1. The molecule has 0 radical (unpaired) electrons. The molecule has 0 amide bonds. The average Bonchev–Trinajstić information content (AvgIpc) is 2.88. The highest BCUT2D eigenvalue weighted by Gasteiger charge is 2.31. The molecular weight excluding hydrogens is 339 g/mol. The van der Waals surface area contributed by atoms with Gasteiger partial charge < -0.3 is 0 Å². The largest absolute Gasteiger partial charge is 0.289 e. The molecule has 0 heterocycles. The van der Waals surface area contributed by atoms with E-state index in [0.717, 1.165) is 22.3 Å². The minimum atomic E-state index is 0.0165. The summed E-state index contributed by atoms with van der Waals surface area (Å²) in [6.45, 7) is 0. The summed E-state index contributed by atoms with van der Waals surface area (Å²) in [4.78, 5) is 13.0. The fourth-order valence-electron chi connectivity index (χ4n) is 3.15. The van der Waals surface area contributed by atoms with Crippen LogP contribution < -0.4 is 0 Å². The number of hydrogen-bond donors (Lipinski definition) is 0. The first-order valence-electron chi connectivity index (χ1n) is 7.55. The average molecular weight is 351 g/mol. The maximum Gasteiger partial charge on any atom is 0.194 e. The lowest BCUT2D eigenvalue weighted by molar-refractivity contribution is 0.105. The standard InChI is InChI=1S/C21H12Cl2O/c22-15-7-3-5-13(11-15)19-17-9-1-2-10-18(17)21(24)20(19)14-6-4-8-16(23)12-14/h1-12H. The molecule has 0 unspecified atom stereocenters. The van der Waals surface area contributed by atoms with Crippen LogP contribution in [-0.2, 0) is 0 Å². The van der Waals surface area contributed by atoms with E-state index in [1.54, 1.807) is 6.07 Å². The van der Waals surface area contributed by atoms with Gasteiger partial charge >= 0.3 is 0 Å². The highest BCUT2D eigenvalue weighted by atomic mass is 35.5. The van der Waals surface area contributed by atoms with Crippen LogP contribution in [0.4, 0.5) is 0 Å². The third-order valence-corrected chi connectivity index (χ3v) is 4.61. The van der Waals surface area contributed by atoms with Crippen molar-refractivity contribution in [3.05, 3.63) is 105 Å². The monoisotopic (exact) mass is 350 g/mol. The van der Waals surface area contributed by atoms with E-state index in [-0.39, 0.29) is 5.78 Å². The molecule has 3 aromatic rings. The Morgan fingerprint density at radius 1 is 0.583 bits per heavy atom. The van der Waals surface area contributed by atoms with Crippen LogP contribution in [0.1, 0.15) is 27.0 Å². The fourth-order valence-corrected chi connectivity index (χ4v) is 3.53. The van der Waals surface area contributed by atoms with Crippen LogP contribution in [0.5, 0.6) is 0 Å². The van der Waals surface area contributed by atoms with E-state index in [9.17, 15) is 4.79 Å². The van der Waals surface area contributed by atoms with Crippen molar-refractivity contribution in [2.45, 2.75) is 0 Å². The number of benzene rings is 3. The molecule has 24 heavy (non-hydrogen) atoms. The Morgan fingerprint density at radius 2 is 1.12 bits per heavy atom. The van der Waals surface area contributed by atoms with E-state index < -0.39 is 0 Å². The summed E-state index contributed by atoms with van der Waals surface area (Å²) in [6, 6.07) is 22.6. The lowest BCUT2D eigenvalue weighted by Crippen LogP contribution is -1.98. The number of hydrogen-bond acceptors (Lipinski definition) is 1. The summed E-state index contributed by atoms with van der Waals surface area (Å²) < 4.78 is 0. The van der Waals surface area contributed by atoms with Crippen molar-refractivity contribution in [2.75, 3.05) is 0 Å². The molecule has 3 aromatic carbocycles. The van der Waals surface area contributed by atoms with Crippen LogP contribution in [0.3, 0.4) is 0 Å². The van der Waals surface area contributed by atoms with Gasteiger partial charge in [-0.1, -0.05) is 71.7 Å². The van der Waals surface area contributed by atoms with Crippen LogP contribution in [0.2, 0.25) is 10.0 Å². The number of Topliss-reactive ketones (excluding diaryl/α,β-unsaturated/α-hetero) is 1. The topological polar surface area (TPSA) is 17.1 Å². The van der Waals surface area contributed by atoms with Crippen molar-refractivity contribution in [1.29, 1.82) is 0 Å². The van der Waals surface area contributed by atoms with Gasteiger partial charge in [0.2, 0.25) is 0 Å². The zero-order valence-electron chi connectivity index (χ0n) is 12.6. The van der Waals surface area contributed by atoms with Crippen molar-refractivity contribution in [3.63, 3.8) is 0 Å². The van der Waals surface area contributed by atoms with Gasteiger partial charge in [-0.05, 0) is 41.0 Å². The number of carbonyl (C=O) groups is 1. The van der Waals surface area contributed by atoms with Crippen molar-refractivity contribution in [1.82, 2.24) is 0 Å². The Kier molecular flexibility index (Phi) is 3.76. The van der Waals surface area contributed by atoms with Crippen LogP contribution in [0, 0.1) is 0 Å². The molecule has 1 aliphatic rings. The molecule has 1 nitrogen and oxygen atoms in total. The summed E-state index contributed by atoms with van der Waals surface area (Å²) in [5.41, 5.74) is 4.96. The van der Waals surface area contributed by atoms with Crippen LogP contribution in [-0.4, -0.2) is 5.78 Å². The summed E-state index contributed by atoms with van der Waals surface area (Å²) in [5, 5.41) is 1.25. The smallest absolute Gasteiger partial charge is 0.194 e. The highest BCUT2D eigenvalue weighted by Crippen LogP contribution is 2.42. The second kappa shape index (κ2) is 5.94. The fraction of sp³-hybridized carbons (Fsp3) is 0. The molecule has 0 bridgehead atoms. The van der Waals surface area contributed by atoms with E-state index >= 15 is 0 Å². The first-order valence-corrected chi connectivity index (χ1v) is 8.31. The van der Waals surface area contributed by atoms with Crippen molar-refractivity contribution in [2.24, 2.45) is 0 Å². The predicted molar refractivity (Wildman–Crippen MR) is 99.6 cm³/mol. The third kappa shape index (κ3) is 2.47. The van der Waals surface area contributed by atoms with Gasteiger partial charge in [0.15, 0.2) is 5.78 Å². The van der Waals surface area contributed by atoms with E-state index in [2.05, 4.69) is 0 Å². The Morgan fingerprint density at radius 3 is 1.71 bits per heavy atom. The maximum absolute atomic E-state index is 13.0. The molecule has 0 N–H and O–H groups in total.